The van der Waals surface area contributed by atoms with Gasteiger partial charge in [0.2, 0.25) is 0 Å². The number of esters is 4. The highest BCUT2D eigenvalue weighted by atomic mass is 31.2. The molecule has 564 valence electrons. The number of aliphatic hydroxyl groups excluding tert-OH is 1. The van der Waals surface area contributed by atoms with Crippen LogP contribution in [0.1, 0.15) is 383 Å². The summed E-state index contributed by atoms with van der Waals surface area (Å²) in [6.07, 6.45) is 50.3. The lowest BCUT2D eigenvalue weighted by atomic mass is 9.99. The Bertz CT molecular complexity index is 1870. The molecule has 0 spiro atoms. The van der Waals surface area contributed by atoms with E-state index in [4.69, 9.17) is 37.0 Å². The van der Waals surface area contributed by atoms with Crippen molar-refractivity contribution in [3.8, 4) is 0 Å². The number of rotatable bonds is 73. The number of carbonyl (C=O) groups is 4. The van der Waals surface area contributed by atoms with E-state index in [0.717, 1.165) is 114 Å². The quantitative estimate of drug-likeness (QED) is 0.0222. The lowest BCUT2D eigenvalue weighted by Crippen LogP contribution is -2.30. The number of phosphoric ester groups is 2. The Morgan fingerprint density at radius 1 is 0.295 bits per heavy atom. The van der Waals surface area contributed by atoms with Crippen molar-refractivity contribution < 1.29 is 80.2 Å². The first-order chi connectivity index (χ1) is 45.6. The van der Waals surface area contributed by atoms with Gasteiger partial charge >= 0.3 is 39.5 Å². The Hall–Kier alpha value is -1.94. The van der Waals surface area contributed by atoms with Crippen LogP contribution in [-0.2, 0) is 65.4 Å². The maximum atomic E-state index is 13.1. The SMILES string of the molecule is CCC(C)CCCCCCCCCCCCCCCCCCCCC(=O)OC[C@H](COP(=O)(O)OC[C@@H](O)COP(=O)(O)OC[C@@H](COC(=O)CCCCCCCCC(C)C)OC(=O)CCCCCCCCCCCCC(C)C)OC(=O)CCCCCCCCCCC(C)C. The van der Waals surface area contributed by atoms with Crippen molar-refractivity contribution in [2.45, 2.75) is 401 Å². The molecular formula is C76H148O17P2. The monoisotopic (exact) mass is 1400 g/mol. The molecule has 3 unspecified atom stereocenters. The summed E-state index contributed by atoms with van der Waals surface area (Å²) in [7, 11) is -9.91. The van der Waals surface area contributed by atoms with E-state index in [0.29, 0.717) is 31.6 Å². The standard InChI is InChI=1S/C76H148O17P2/c1-9-69(8)55-47-39-30-23-18-16-14-12-10-11-13-15-17-19-24-31-40-48-56-73(78)86-62-71(93-76(81)59-51-43-33-27-26-29-37-45-53-67(4)5)64-90-94(82,83)88-60-70(77)61-89-95(84,85)91-65-72(63-87-74(79)57-49-41-35-34-38-46-54-68(6)7)92-75(80)58-50-42-32-25-21-20-22-28-36-44-52-66(2)3/h66-72,77H,9-65H2,1-8H3,(H,82,83)(H,84,85)/t69?,70-,71-,72-/m1/s1. The molecule has 19 heteroatoms. The third-order valence-electron chi connectivity index (χ3n) is 17.9. The van der Waals surface area contributed by atoms with Crippen LogP contribution in [0.2, 0.25) is 0 Å². The van der Waals surface area contributed by atoms with Crippen LogP contribution >= 0.6 is 15.6 Å². The number of carbonyl (C=O) groups excluding carboxylic acids is 4. The predicted molar refractivity (Wildman–Crippen MR) is 386 cm³/mol. The van der Waals surface area contributed by atoms with Crippen LogP contribution in [0.25, 0.3) is 0 Å². The van der Waals surface area contributed by atoms with Crippen LogP contribution in [0.3, 0.4) is 0 Å². The molecule has 0 saturated carbocycles. The van der Waals surface area contributed by atoms with E-state index in [-0.39, 0.29) is 25.7 Å². The number of hydrogen-bond acceptors (Lipinski definition) is 15. The summed E-state index contributed by atoms with van der Waals surface area (Å²) in [5, 5.41) is 10.6. The normalized spacial score (nSPS) is 14.4. The summed E-state index contributed by atoms with van der Waals surface area (Å²) in [5.74, 6) is 0.897. The molecule has 0 aliphatic rings. The molecule has 0 aliphatic heterocycles. The Kier molecular flexibility index (Phi) is 64.0. The van der Waals surface area contributed by atoms with E-state index in [1.807, 2.05) is 0 Å². The topological polar surface area (TPSA) is 237 Å². The highest BCUT2D eigenvalue weighted by Crippen LogP contribution is 2.45. The molecule has 0 amide bonds. The molecule has 0 aromatic carbocycles. The number of phosphoric acid groups is 2. The van der Waals surface area contributed by atoms with Gasteiger partial charge in [0.15, 0.2) is 12.2 Å². The van der Waals surface area contributed by atoms with Gasteiger partial charge in [-0.1, -0.05) is 331 Å². The molecule has 6 atom stereocenters. The Balaban J connectivity index is 5.13. The second-order valence-corrected chi connectivity index (χ2v) is 32.0. The highest BCUT2D eigenvalue weighted by molar-refractivity contribution is 7.47. The molecule has 0 bridgehead atoms. The lowest BCUT2D eigenvalue weighted by molar-refractivity contribution is -0.161. The summed E-state index contributed by atoms with van der Waals surface area (Å²) in [4.78, 5) is 72.7. The van der Waals surface area contributed by atoms with Crippen molar-refractivity contribution in [2.75, 3.05) is 39.6 Å². The second kappa shape index (κ2) is 65.4. The van der Waals surface area contributed by atoms with E-state index in [9.17, 15) is 43.2 Å². The van der Waals surface area contributed by atoms with Gasteiger partial charge in [-0.15, -0.1) is 0 Å². The minimum Gasteiger partial charge on any atom is -0.462 e. The molecule has 0 radical (unpaired) electrons. The molecular weight excluding hydrogens is 1250 g/mol. The molecule has 0 saturated heterocycles. The van der Waals surface area contributed by atoms with E-state index in [1.165, 1.54) is 180 Å². The van der Waals surface area contributed by atoms with Crippen LogP contribution in [0.15, 0.2) is 0 Å². The third-order valence-corrected chi connectivity index (χ3v) is 19.8. The van der Waals surface area contributed by atoms with E-state index in [1.54, 1.807) is 0 Å². The van der Waals surface area contributed by atoms with Crippen LogP contribution in [0, 0.1) is 23.7 Å². The summed E-state index contributed by atoms with van der Waals surface area (Å²) >= 11 is 0. The first kappa shape index (κ1) is 93.1. The summed E-state index contributed by atoms with van der Waals surface area (Å²) in [6, 6.07) is 0. The highest BCUT2D eigenvalue weighted by Gasteiger charge is 2.30. The van der Waals surface area contributed by atoms with Crippen molar-refractivity contribution in [1.29, 1.82) is 0 Å². The summed E-state index contributed by atoms with van der Waals surface area (Å²) < 4.78 is 68.4. The van der Waals surface area contributed by atoms with E-state index >= 15 is 0 Å². The Labute approximate surface area is 581 Å². The van der Waals surface area contributed by atoms with Crippen LogP contribution in [0.4, 0.5) is 0 Å². The lowest BCUT2D eigenvalue weighted by Gasteiger charge is -2.21. The molecule has 0 fully saturated rings. The number of aliphatic hydroxyl groups is 1. The Morgan fingerprint density at radius 3 is 0.747 bits per heavy atom. The average molecular weight is 1400 g/mol. The number of hydrogen-bond donors (Lipinski definition) is 3. The molecule has 95 heavy (non-hydrogen) atoms. The molecule has 0 rings (SSSR count). The van der Waals surface area contributed by atoms with Crippen LogP contribution in [0.5, 0.6) is 0 Å². The van der Waals surface area contributed by atoms with Gasteiger partial charge in [0.25, 0.3) is 0 Å². The van der Waals surface area contributed by atoms with Crippen molar-refractivity contribution in [2.24, 2.45) is 23.7 Å². The van der Waals surface area contributed by atoms with Gasteiger partial charge in [0.05, 0.1) is 26.4 Å². The second-order valence-electron chi connectivity index (χ2n) is 29.1. The minimum atomic E-state index is -4.96. The van der Waals surface area contributed by atoms with Gasteiger partial charge in [0, 0.05) is 25.7 Å². The summed E-state index contributed by atoms with van der Waals surface area (Å²) in [6.45, 7) is 14.1. The van der Waals surface area contributed by atoms with Gasteiger partial charge in [-0.05, 0) is 49.4 Å². The molecule has 0 aliphatic carbocycles. The minimum absolute atomic E-state index is 0.104. The van der Waals surface area contributed by atoms with Crippen molar-refractivity contribution in [1.82, 2.24) is 0 Å². The number of unbranched alkanes of at least 4 members (excludes halogenated alkanes) is 38. The van der Waals surface area contributed by atoms with Gasteiger partial charge < -0.3 is 33.8 Å². The summed E-state index contributed by atoms with van der Waals surface area (Å²) in [5.41, 5.74) is 0. The first-order valence-corrected chi connectivity index (χ1v) is 42.2. The molecule has 0 aromatic heterocycles. The molecule has 17 nitrogen and oxygen atoms in total. The van der Waals surface area contributed by atoms with Crippen LogP contribution < -0.4 is 0 Å². The zero-order valence-electron chi connectivity index (χ0n) is 62.3. The van der Waals surface area contributed by atoms with Gasteiger partial charge in [-0.3, -0.25) is 37.3 Å². The van der Waals surface area contributed by atoms with Crippen molar-refractivity contribution in [3.05, 3.63) is 0 Å². The largest absolute Gasteiger partial charge is 0.472 e. The molecule has 3 N–H and O–H groups in total. The third kappa shape index (κ3) is 69.0. The zero-order valence-corrected chi connectivity index (χ0v) is 64.1. The Morgan fingerprint density at radius 2 is 0.505 bits per heavy atom. The fraction of sp³-hybridized carbons (Fsp3) is 0.947. The first-order valence-electron chi connectivity index (χ1n) is 39.2. The van der Waals surface area contributed by atoms with Crippen molar-refractivity contribution >= 4 is 39.5 Å². The maximum absolute atomic E-state index is 13.1. The smallest absolute Gasteiger partial charge is 0.462 e. The van der Waals surface area contributed by atoms with Gasteiger partial charge in [0.1, 0.15) is 19.3 Å². The fourth-order valence-corrected chi connectivity index (χ4v) is 13.1. The molecule has 0 heterocycles. The maximum Gasteiger partial charge on any atom is 0.472 e. The van der Waals surface area contributed by atoms with E-state index in [2.05, 4.69) is 55.4 Å². The average Bonchev–Trinajstić information content (AvgIpc) is 2.13. The van der Waals surface area contributed by atoms with Crippen molar-refractivity contribution in [3.63, 3.8) is 0 Å². The van der Waals surface area contributed by atoms with Gasteiger partial charge in [-0.25, -0.2) is 9.13 Å². The fourth-order valence-electron chi connectivity index (χ4n) is 11.5. The van der Waals surface area contributed by atoms with Gasteiger partial charge in [-0.2, -0.15) is 0 Å². The molecule has 0 aromatic rings. The van der Waals surface area contributed by atoms with Crippen LogP contribution in [-0.4, -0.2) is 96.7 Å². The predicted octanol–water partition coefficient (Wildman–Crippen LogP) is 22.0. The van der Waals surface area contributed by atoms with E-state index < -0.39 is 97.5 Å². The number of ether oxygens (including phenoxy) is 4. The zero-order chi connectivity index (χ0) is 70.3.